The maximum atomic E-state index is 12.5. The van der Waals surface area contributed by atoms with E-state index in [1.807, 2.05) is 67.8 Å². The molecule has 0 bridgehead atoms. The lowest BCUT2D eigenvalue weighted by atomic mass is 10.1. The van der Waals surface area contributed by atoms with Gasteiger partial charge < -0.3 is 20.5 Å². The quantitative estimate of drug-likeness (QED) is 0.404. The molecule has 0 fully saturated rings. The molecule has 0 aromatic heterocycles. The molecule has 0 heterocycles. The highest BCUT2D eigenvalue weighted by molar-refractivity contribution is 14.1. The predicted molar refractivity (Wildman–Crippen MR) is 109 cm³/mol. The van der Waals surface area contributed by atoms with Gasteiger partial charge in [0.05, 0.1) is 17.7 Å². The van der Waals surface area contributed by atoms with Crippen molar-refractivity contribution in [3.63, 3.8) is 0 Å². The summed E-state index contributed by atoms with van der Waals surface area (Å²) in [5.41, 5.74) is 0.300. The van der Waals surface area contributed by atoms with Crippen LogP contribution in [0.5, 0.6) is 0 Å². The first kappa shape index (κ1) is 20.8. The molecule has 1 aromatic carbocycles. The van der Waals surface area contributed by atoms with E-state index < -0.39 is 23.8 Å². The van der Waals surface area contributed by atoms with Gasteiger partial charge in [-0.15, -0.1) is 0 Å². The number of ether oxygens (including phenoxy) is 1. The minimum absolute atomic E-state index is 0.00866. The second kappa shape index (κ2) is 9.31. The van der Waals surface area contributed by atoms with E-state index in [4.69, 9.17) is 4.74 Å². The zero-order valence-electron chi connectivity index (χ0n) is 12.1. The van der Waals surface area contributed by atoms with Gasteiger partial charge in [-0.3, -0.25) is 9.59 Å². The third-order valence-corrected chi connectivity index (χ3v) is 5.59. The Hall–Kier alpha value is -0.220. The lowest BCUT2D eigenvalue weighted by Crippen LogP contribution is -2.48. The molecule has 0 aliphatic rings. The molecular weight excluding hydrogens is 645 g/mol. The number of methoxy groups -OCH3 is 1. The number of aromatic carboxylic acids is 1. The largest absolute Gasteiger partial charge is 0.478 e. The number of rotatable bonds is 6. The van der Waals surface area contributed by atoms with Gasteiger partial charge in [-0.1, -0.05) is 0 Å². The second-order valence-electron chi connectivity index (χ2n) is 4.30. The minimum Gasteiger partial charge on any atom is -0.478 e. The third kappa shape index (κ3) is 5.12. The van der Waals surface area contributed by atoms with E-state index in [-0.39, 0.29) is 17.7 Å². The molecule has 10 heteroatoms. The van der Waals surface area contributed by atoms with Crippen LogP contribution in [0.3, 0.4) is 0 Å². The van der Waals surface area contributed by atoms with E-state index in [1.54, 1.807) is 6.07 Å². The molecular formula is C13H13I3N2O5. The van der Waals surface area contributed by atoms with Gasteiger partial charge in [0.25, 0.3) is 5.91 Å². The van der Waals surface area contributed by atoms with Crippen molar-refractivity contribution in [1.82, 2.24) is 10.6 Å². The number of carboxylic acid groups (broad SMARTS) is 1. The molecule has 7 nitrogen and oxygen atoms in total. The summed E-state index contributed by atoms with van der Waals surface area (Å²) in [7, 11) is 2.88. The number of likely N-dealkylation sites (N-methyl/N-ethyl adjacent to an activating group) is 1. The summed E-state index contributed by atoms with van der Waals surface area (Å²) in [6, 6.07) is 0.754. The van der Waals surface area contributed by atoms with Gasteiger partial charge in [0.15, 0.2) is 0 Å². The topological polar surface area (TPSA) is 105 Å². The molecule has 1 rings (SSSR count). The summed E-state index contributed by atoms with van der Waals surface area (Å²) in [5, 5.41) is 14.3. The van der Waals surface area contributed by atoms with E-state index >= 15 is 0 Å². The fourth-order valence-electron chi connectivity index (χ4n) is 1.75. The highest BCUT2D eigenvalue weighted by Gasteiger charge is 2.26. The van der Waals surface area contributed by atoms with Crippen LogP contribution in [-0.4, -0.2) is 49.7 Å². The Bertz CT molecular complexity index is 651. The second-order valence-corrected chi connectivity index (χ2v) is 7.71. The van der Waals surface area contributed by atoms with Crippen molar-refractivity contribution in [3.05, 3.63) is 27.9 Å². The van der Waals surface area contributed by atoms with Crippen LogP contribution in [0.2, 0.25) is 0 Å². The normalized spacial score (nSPS) is 11.7. The van der Waals surface area contributed by atoms with Crippen molar-refractivity contribution >= 4 is 85.6 Å². The number of nitrogens with one attached hydrogen (secondary N) is 2. The monoisotopic (exact) mass is 658 g/mol. The first-order valence-electron chi connectivity index (χ1n) is 6.16. The van der Waals surface area contributed by atoms with Crippen LogP contribution in [0.4, 0.5) is 0 Å². The van der Waals surface area contributed by atoms with Crippen LogP contribution in [0.1, 0.15) is 20.7 Å². The van der Waals surface area contributed by atoms with E-state index in [1.165, 1.54) is 14.2 Å². The molecule has 1 aromatic rings. The SMILES string of the molecule is CNC(=O)C(COC)NC(=O)c1c(I)cc(I)c(C(=O)O)c1I. The maximum Gasteiger partial charge on any atom is 0.337 e. The molecule has 1 atom stereocenters. The van der Waals surface area contributed by atoms with Gasteiger partial charge >= 0.3 is 5.97 Å². The van der Waals surface area contributed by atoms with Crippen LogP contribution in [0, 0.1) is 10.7 Å². The molecule has 0 aliphatic carbocycles. The average molecular weight is 658 g/mol. The number of hydrogen-bond acceptors (Lipinski definition) is 4. The zero-order chi connectivity index (χ0) is 17.7. The van der Waals surface area contributed by atoms with Crippen molar-refractivity contribution in [2.75, 3.05) is 20.8 Å². The van der Waals surface area contributed by atoms with E-state index in [0.717, 1.165) is 0 Å². The molecule has 23 heavy (non-hydrogen) atoms. The van der Waals surface area contributed by atoms with Crippen LogP contribution in [0.25, 0.3) is 0 Å². The molecule has 0 saturated heterocycles. The van der Waals surface area contributed by atoms with Gasteiger partial charge in [-0.05, 0) is 73.8 Å². The van der Waals surface area contributed by atoms with Crippen molar-refractivity contribution in [2.45, 2.75) is 6.04 Å². The van der Waals surface area contributed by atoms with Gasteiger partial charge in [0, 0.05) is 24.9 Å². The van der Waals surface area contributed by atoms with E-state index in [2.05, 4.69) is 10.6 Å². The Labute approximate surface area is 173 Å². The van der Waals surface area contributed by atoms with E-state index in [9.17, 15) is 19.5 Å². The van der Waals surface area contributed by atoms with Crippen molar-refractivity contribution in [3.8, 4) is 0 Å². The summed E-state index contributed by atoms with van der Waals surface area (Å²) >= 11 is 5.72. The number of hydrogen-bond donors (Lipinski definition) is 3. The number of benzene rings is 1. The van der Waals surface area contributed by atoms with Crippen LogP contribution in [0.15, 0.2) is 6.07 Å². The van der Waals surface area contributed by atoms with Crippen LogP contribution in [-0.2, 0) is 9.53 Å². The molecule has 2 amide bonds. The Morgan fingerprint density at radius 1 is 1.22 bits per heavy atom. The summed E-state index contributed by atoms with van der Waals surface area (Å²) in [6.07, 6.45) is 0. The van der Waals surface area contributed by atoms with Crippen molar-refractivity contribution in [1.29, 1.82) is 0 Å². The number of amides is 2. The number of carbonyl (C=O) groups excluding carboxylic acids is 2. The standard InChI is InChI=1S/C13H13I3N2O5/c1-17-11(19)7(4-23-2)18-12(20)8-5(14)3-6(15)9(10(8)16)13(21)22/h3,7H,4H2,1-2H3,(H,17,19)(H,18,20)(H,21,22). The zero-order valence-corrected chi connectivity index (χ0v) is 18.5. The minimum atomic E-state index is -1.11. The third-order valence-electron chi connectivity index (χ3n) is 2.81. The Kier molecular flexibility index (Phi) is 8.43. The van der Waals surface area contributed by atoms with Crippen molar-refractivity contribution < 1.29 is 24.2 Å². The number of carbonyl (C=O) groups is 3. The van der Waals surface area contributed by atoms with Crippen LogP contribution < -0.4 is 10.6 Å². The first-order chi connectivity index (χ1) is 10.7. The summed E-state index contributed by atoms with van der Waals surface area (Å²) in [6.45, 7) is 0.00866. The highest BCUT2D eigenvalue weighted by atomic mass is 127. The predicted octanol–water partition coefficient (Wildman–Crippen LogP) is 1.69. The van der Waals surface area contributed by atoms with E-state index in [0.29, 0.717) is 10.7 Å². The molecule has 0 radical (unpaired) electrons. The van der Waals surface area contributed by atoms with Crippen molar-refractivity contribution in [2.24, 2.45) is 0 Å². The summed E-state index contributed by atoms with van der Waals surface area (Å²) in [5.74, 6) is -2.03. The Morgan fingerprint density at radius 2 is 1.78 bits per heavy atom. The average Bonchev–Trinajstić information content (AvgIpc) is 2.44. The Morgan fingerprint density at radius 3 is 2.26 bits per heavy atom. The molecule has 1 unspecified atom stereocenters. The fraction of sp³-hybridized carbons (Fsp3) is 0.308. The molecule has 3 N–H and O–H groups in total. The fourth-order valence-corrected chi connectivity index (χ4v) is 6.07. The molecule has 0 saturated carbocycles. The first-order valence-corrected chi connectivity index (χ1v) is 9.40. The smallest absolute Gasteiger partial charge is 0.337 e. The number of carboxylic acids is 1. The van der Waals surface area contributed by atoms with Crippen LogP contribution >= 0.6 is 67.8 Å². The summed E-state index contributed by atoms with van der Waals surface area (Å²) < 4.78 is 6.41. The van der Waals surface area contributed by atoms with Gasteiger partial charge in [0.2, 0.25) is 5.91 Å². The molecule has 126 valence electrons. The molecule has 0 spiro atoms. The van der Waals surface area contributed by atoms with Gasteiger partial charge in [0.1, 0.15) is 6.04 Å². The Balaban J connectivity index is 3.24. The number of halogens is 3. The lowest BCUT2D eigenvalue weighted by Gasteiger charge is -2.18. The lowest BCUT2D eigenvalue weighted by molar-refractivity contribution is -0.123. The highest BCUT2D eigenvalue weighted by Crippen LogP contribution is 2.27. The summed E-state index contributed by atoms with van der Waals surface area (Å²) in [4.78, 5) is 35.7. The van der Waals surface area contributed by atoms with Gasteiger partial charge in [-0.2, -0.15) is 0 Å². The molecule has 0 aliphatic heterocycles. The maximum absolute atomic E-state index is 12.5. The van der Waals surface area contributed by atoms with Gasteiger partial charge in [-0.25, -0.2) is 4.79 Å².